The number of nitrogens with zero attached hydrogens (tertiary/aromatic N) is 4. The largest absolute Gasteiger partial charge is 0.306 e. The molecule has 0 aliphatic rings. The molecule has 3 aromatic rings. The van der Waals surface area contributed by atoms with Crippen LogP contribution in [0.3, 0.4) is 0 Å². The molecule has 0 bridgehead atoms. The molecule has 0 saturated carbocycles. The normalized spacial score (nSPS) is 11.0. The molecule has 1 N–H and O–H groups in total. The van der Waals surface area contributed by atoms with Crippen molar-refractivity contribution in [2.45, 2.75) is 13.1 Å². The smallest absolute Gasteiger partial charge is 0.155 e. The van der Waals surface area contributed by atoms with Crippen LogP contribution in [0.2, 0.25) is 0 Å². The number of hydrogen-bond acceptors (Lipinski definition) is 4. The summed E-state index contributed by atoms with van der Waals surface area (Å²) in [6, 6.07) is 5.90. The lowest BCUT2D eigenvalue weighted by atomic mass is 10.3. The molecule has 6 heteroatoms. The van der Waals surface area contributed by atoms with Gasteiger partial charge >= 0.3 is 0 Å². The van der Waals surface area contributed by atoms with Gasteiger partial charge in [0.2, 0.25) is 0 Å². The van der Waals surface area contributed by atoms with Crippen molar-refractivity contribution < 1.29 is 0 Å². The highest BCUT2D eigenvalue weighted by Gasteiger charge is 2.04. The van der Waals surface area contributed by atoms with E-state index in [2.05, 4.69) is 36.2 Å². The number of rotatable bonds is 4. The van der Waals surface area contributed by atoms with Crippen LogP contribution >= 0.6 is 15.9 Å². The van der Waals surface area contributed by atoms with Gasteiger partial charge in [0.1, 0.15) is 4.60 Å². The maximum atomic E-state index is 4.31. The molecule has 3 heterocycles. The average molecular weight is 318 g/mol. The van der Waals surface area contributed by atoms with Crippen molar-refractivity contribution in [1.29, 1.82) is 0 Å². The molecule has 0 aliphatic heterocycles. The van der Waals surface area contributed by atoms with E-state index in [4.69, 9.17) is 0 Å². The van der Waals surface area contributed by atoms with Crippen LogP contribution in [0.25, 0.3) is 5.65 Å². The SMILES string of the molecule is Brc1cn2c(CNCc3ccccn3)cnc2cn1. The summed E-state index contributed by atoms with van der Waals surface area (Å²) in [5.74, 6) is 0. The monoisotopic (exact) mass is 317 g/mol. The molecule has 19 heavy (non-hydrogen) atoms. The Bertz CT molecular complexity index is 680. The van der Waals surface area contributed by atoms with Crippen molar-refractivity contribution in [2.75, 3.05) is 0 Å². The van der Waals surface area contributed by atoms with Crippen LogP contribution in [0.1, 0.15) is 11.4 Å². The minimum atomic E-state index is 0.730. The molecule has 0 aromatic carbocycles. The van der Waals surface area contributed by atoms with E-state index in [0.717, 1.165) is 34.7 Å². The highest BCUT2D eigenvalue weighted by Crippen LogP contribution is 2.10. The summed E-state index contributed by atoms with van der Waals surface area (Å²) >= 11 is 3.37. The van der Waals surface area contributed by atoms with E-state index in [-0.39, 0.29) is 0 Å². The first-order chi connectivity index (χ1) is 9.33. The average Bonchev–Trinajstić information content (AvgIpc) is 2.83. The fraction of sp³-hybridized carbons (Fsp3) is 0.154. The predicted octanol–water partition coefficient (Wildman–Crippen LogP) is 2.18. The molecular formula is C13H12BrN5. The van der Waals surface area contributed by atoms with E-state index >= 15 is 0 Å². The second-order valence-electron chi connectivity index (χ2n) is 4.11. The van der Waals surface area contributed by atoms with Crippen LogP contribution in [-0.4, -0.2) is 19.4 Å². The lowest BCUT2D eigenvalue weighted by molar-refractivity contribution is 0.663. The molecule has 0 aliphatic carbocycles. The molecule has 0 saturated heterocycles. The third kappa shape index (κ3) is 2.80. The highest BCUT2D eigenvalue weighted by molar-refractivity contribution is 9.10. The van der Waals surface area contributed by atoms with E-state index in [9.17, 15) is 0 Å². The van der Waals surface area contributed by atoms with Crippen molar-refractivity contribution in [3.63, 3.8) is 0 Å². The molecule has 0 unspecified atom stereocenters. The van der Waals surface area contributed by atoms with E-state index in [1.807, 2.05) is 35.0 Å². The van der Waals surface area contributed by atoms with Crippen molar-refractivity contribution in [3.8, 4) is 0 Å². The Kier molecular flexibility index (Phi) is 3.52. The summed E-state index contributed by atoms with van der Waals surface area (Å²) in [5, 5.41) is 3.36. The summed E-state index contributed by atoms with van der Waals surface area (Å²) in [6.45, 7) is 1.47. The number of nitrogens with one attached hydrogen (secondary N) is 1. The Hall–Kier alpha value is -1.79. The van der Waals surface area contributed by atoms with Gasteiger partial charge in [-0.15, -0.1) is 0 Å². The second-order valence-corrected chi connectivity index (χ2v) is 4.92. The molecule has 0 radical (unpaired) electrons. The zero-order chi connectivity index (χ0) is 13.1. The van der Waals surface area contributed by atoms with Crippen LogP contribution < -0.4 is 5.32 Å². The van der Waals surface area contributed by atoms with Crippen LogP contribution in [-0.2, 0) is 13.1 Å². The lowest BCUT2D eigenvalue weighted by Gasteiger charge is -2.04. The van der Waals surface area contributed by atoms with E-state index < -0.39 is 0 Å². The third-order valence-corrected chi connectivity index (χ3v) is 3.19. The van der Waals surface area contributed by atoms with Crippen LogP contribution in [0, 0.1) is 0 Å². The quantitative estimate of drug-likeness (QED) is 0.801. The molecule has 5 nitrogen and oxygen atoms in total. The fourth-order valence-electron chi connectivity index (χ4n) is 1.87. The Morgan fingerprint density at radius 1 is 1.11 bits per heavy atom. The maximum Gasteiger partial charge on any atom is 0.155 e. The fourth-order valence-corrected chi connectivity index (χ4v) is 2.18. The molecule has 3 aromatic heterocycles. The predicted molar refractivity (Wildman–Crippen MR) is 75.5 cm³/mol. The van der Waals surface area contributed by atoms with Gasteiger partial charge in [0.15, 0.2) is 5.65 Å². The Balaban J connectivity index is 1.70. The number of fused-ring (bicyclic) bond motifs is 1. The summed E-state index contributed by atoms with van der Waals surface area (Å²) in [5.41, 5.74) is 2.96. The Morgan fingerprint density at radius 3 is 2.89 bits per heavy atom. The molecule has 0 fully saturated rings. The Labute approximate surface area is 118 Å². The number of pyridine rings is 1. The van der Waals surface area contributed by atoms with Crippen molar-refractivity contribution in [1.82, 2.24) is 24.7 Å². The van der Waals surface area contributed by atoms with Gasteiger partial charge < -0.3 is 5.32 Å². The van der Waals surface area contributed by atoms with Crippen LogP contribution in [0.5, 0.6) is 0 Å². The van der Waals surface area contributed by atoms with Crippen molar-refractivity contribution in [3.05, 3.63) is 59.0 Å². The van der Waals surface area contributed by atoms with Crippen molar-refractivity contribution >= 4 is 21.6 Å². The van der Waals surface area contributed by atoms with Crippen LogP contribution in [0.4, 0.5) is 0 Å². The molecular weight excluding hydrogens is 306 g/mol. The van der Waals surface area contributed by atoms with E-state index in [0.29, 0.717) is 0 Å². The van der Waals surface area contributed by atoms with E-state index in [1.165, 1.54) is 0 Å². The maximum absolute atomic E-state index is 4.31. The zero-order valence-corrected chi connectivity index (χ0v) is 11.7. The molecule has 96 valence electrons. The van der Waals surface area contributed by atoms with Gasteiger partial charge in [-0.1, -0.05) is 6.07 Å². The number of halogens is 1. The van der Waals surface area contributed by atoms with Crippen molar-refractivity contribution in [2.24, 2.45) is 0 Å². The van der Waals surface area contributed by atoms with Gasteiger partial charge in [-0.3, -0.25) is 9.38 Å². The topological polar surface area (TPSA) is 55.1 Å². The lowest BCUT2D eigenvalue weighted by Crippen LogP contribution is -2.14. The van der Waals surface area contributed by atoms with Gasteiger partial charge in [0.05, 0.1) is 23.8 Å². The number of aromatic nitrogens is 4. The zero-order valence-electron chi connectivity index (χ0n) is 10.1. The number of hydrogen-bond donors (Lipinski definition) is 1. The second kappa shape index (κ2) is 5.46. The van der Waals surface area contributed by atoms with Gasteiger partial charge in [0.25, 0.3) is 0 Å². The highest BCUT2D eigenvalue weighted by atomic mass is 79.9. The summed E-state index contributed by atoms with van der Waals surface area (Å²) in [6.07, 6.45) is 7.31. The van der Waals surface area contributed by atoms with Gasteiger partial charge in [-0.2, -0.15) is 0 Å². The first-order valence-electron chi connectivity index (χ1n) is 5.91. The van der Waals surface area contributed by atoms with Gasteiger partial charge in [-0.05, 0) is 28.1 Å². The van der Waals surface area contributed by atoms with Gasteiger partial charge in [-0.25, -0.2) is 9.97 Å². The van der Waals surface area contributed by atoms with Crippen LogP contribution in [0.15, 0.2) is 47.6 Å². The Morgan fingerprint density at radius 2 is 2.05 bits per heavy atom. The first kappa shape index (κ1) is 12.3. The summed E-state index contributed by atoms with van der Waals surface area (Å²) in [7, 11) is 0. The molecule has 0 amide bonds. The minimum absolute atomic E-state index is 0.730. The van der Waals surface area contributed by atoms with E-state index in [1.54, 1.807) is 12.4 Å². The molecule has 0 spiro atoms. The molecule has 0 atom stereocenters. The summed E-state index contributed by atoms with van der Waals surface area (Å²) < 4.78 is 2.81. The van der Waals surface area contributed by atoms with Gasteiger partial charge in [0, 0.05) is 25.5 Å². The standard InChI is InChI=1S/C13H12BrN5/c14-12-9-19-11(7-18-13(19)8-17-12)6-15-5-10-3-1-2-4-16-10/h1-4,7-9,15H,5-6H2. The third-order valence-electron chi connectivity index (χ3n) is 2.78. The summed E-state index contributed by atoms with van der Waals surface area (Å²) in [4.78, 5) is 12.7. The minimum Gasteiger partial charge on any atom is -0.306 e. The number of imidazole rings is 1. The molecule has 3 rings (SSSR count). The first-order valence-corrected chi connectivity index (χ1v) is 6.70.